The Labute approximate surface area is 233 Å². The van der Waals surface area contributed by atoms with Gasteiger partial charge < -0.3 is 10.6 Å². The Morgan fingerprint density at radius 1 is 0.750 bits per heavy atom. The first-order chi connectivity index (χ1) is 19.3. The van der Waals surface area contributed by atoms with Gasteiger partial charge in [-0.25, -0.2) is 8.42 Å². The molecule has 4 aromatic rings. The summed E-state index contributed by atoms with van der Waals surface area (Å²) >= 11 is 0. The molecule has 1 unspecified atom stereocenters. The number of benzene rings is 4. The summed E-state index contributed by atoms with van der Waals surface area (Å²) in [5, 5.41) is 7.13. The number of fused-ring (bicyclic) bond motifs is 1. The fourth-order valence-corrected chi connectivity index (χ4v) is 5.28. The van der Waals surface area contributed by atoms with Crippen molar-refractivity contribution in [2.45, 2.75) is 37.1 Å². The van der Waals surface area contributed by atoms with E-state index in [4.69, 9.17) is 0 Å². The summed E-state index contributed by atoms with van der Waals surface area (Å²) in [6.07, 6.45) is 1.99. The largest absolute Gasteiger partial charge is 0.345 e. The van der Waals surface area contributed by atoms with E-state index in [-0.39, 0.29) is 28.7 Å². The Morgan fingerprint density at radius 3 is 2.10 bits per heavy atom. The molecule has 0 aliphatic rings. The summed E-state index contributed by atoms with van der Waals surface area (Å²) in [6.45, 7) is 1.77. The number of sulfonamides is 1. The second kappa shape index (κ2) is 13.0. The number of carbonyl (C=O) groups is 3. The number of anilines is 1. The first-order valence-corrected chi connectivity index (χ1v) is 14.5. The van der Waals surface area contributed by atoms with Gasteiger partial charge in [-0.1, -0.05) is 68.3 Å². The molecule has 4 rings (SSSR count). The minimum Gasteiger partial charge on any atom is -0.345 e. The molecule has 0 bridgehead atoms. The highest BCUT2D eigenvalue weighted by Gasteiger charge is 2.22. The first kappa shape index (κ1) is 28.5. The van der Waals surface area contributed by atoms with Crippen LogP contribution in [0.4, 0.5) is 5.69 Å². The number of ketones is 1. The lowest BCUT2D eigenvalue weighted by Gasteiger charge is -2.18. The van der Waals surface area contributed by atoms with Gasteiger partial charge in [-0.15, -0.1) is 0 Å². The van der Waals surface area contributed by atoms with Crippen LogP contribution in [0.5, 0.6) is 0 Å². The molecule has 0 aliphatic heterocycles. The number of amides is 2. The number of rotatable bonds is 12. The molecule has 0 fully saturated rings. The van der Waals surface area contributed by atoms with Gasteiger partial charge in [0.1, 0.15) is 0 Å². The van der Waals surface area contributed by atoms with Crippen molar-refractivity contribution < 1.29 is 22.8 Å². The Balaban J connectivity index is 1.38. The smallest absolute Gasteiger partial charge is 0.261 e. The normalized spacial score (nSPS) is 11.9. The number of nitrogens with one attached hydrogen (secondary N) is 3. The summed E-state index contributed by atoms with van der Waals surface area (Å²) in [7, 11) is -3.84. The molecule has 0 heterocycles. The molecular formula is C31H31N3O5S. The molecule has 0 spiro atoms. The third-order valence-electron chi connectivity index (χ3n) is 6.43. The monoisotopic (exact) mass is 557 g/mol. The van der Waals surface area contributed by atoms with E-state index in [1.54, 1.807) is 48.5 Å². The topological polar surface area (TPSA) is 121 Å². The molecule has 40 heavy (non-hydrogen) atoms. The molecule has 0 saturated carbocycles. The average Bonchev–Trinajstić information content (AvgIpc) is 2.98. The maximum absolute atomic E-state index is 12.9. The van der Waals surface area contributed by atoms with Gasteiger partial charge in [-0.05, 0) is 65.7 Å². The van der Waals surface area contributed by atoms with E-state index in [1.807, 2.05) is 31.2 Å². The third-order valence-corrected chi connectivity index (χ3v) is 7.81. The third kappa shape index (κ3) is 7.33. The average molecular weight is 558 g/mol. The van der Waals surface area contributed by atoms with Crippen molar-refractivity contribution in [2.75, 3.05) is 11.3 Å². The highest BCUT2D eigenvalue weighted by Crippen LogP contribution is 2.22. The molecular weight excluding hydrogens is 526 g/mol. The van der Waals surface area contributed by atoms with Gasteiger partial charge in [0.15, 0.2) is 5.78 Å². The standard InChI is InChI=1S/C31H31N3O5S/c1-2-3-13-28(29(35)21-32-30(36)23-10-5-4-6-11-23)33-31(37)24-14-17-26(18-15-24)34-40(38,39)27-19-16-22-9-7-8-12-25(22)20-27/h4-12,14-20,28,34H,2-3,13,21H2,1H3,(H,32,36)(H,33,37). The molecule has 3 N–H and O–H groups in total. The second-order valence-corrected chi connectivity index (χ2v) is 11.1. The van der Waals surface area contributed by atoms with Gasteiger partial charge >= 0.3 is 0 Å². The zero-order valence-corrected chi connectivity index (χ0v) is 22.9. The van der Waals surface area contributed by atoms with Crippen LogP contribution in [0, 0.1) is 0 Å². The van der Waals surface area contributed by atoms with Crippen LogP contribution in [0.25, 0.3) is 10.8 Å². The summed E-state index contributed by atoms with van der Waals surface area (Å²) in [5.41, 5.74) is 1.02. The van der Waals surface area contributed by atoms with Crippen LogP contribution >= 0.6 is 0 Å². The van der Waals surface area contributed by atoms with Crippen molar-refractivity contribution in [3.63, 3.8) is 0 Å². The van der Waals surface area contributed by atoms with Crippen molar-refractivity contribution in [1.29, 1.82) is 0 Å². The van der Waals surface area contributed by atoms with E-state index < -0.39 is 22.0 Å². The summed E-state index contributed by atoms with van der Waals surface area (Å²) in [6, 6.07) is 26.2. The number of hydrogen-bond acceptors (Lipinski definition) is 5. The molecule has 9 heteroatoms. The lowest BCUT2D eigenvalue weighted by molar-refractivity contribution is -0.120. The van der Waals surface area contributed by atoms with Gasteiger partial charge in [0.05, 0.1) is 17.5 Å². The van der Waals surface area contributed by atoms with Gasteiger partial charge in [0.2, 0.25) is 0 Å². The van der Waals surface area contributed by atoms with Crippen LogP contribution < -0.4 is 15.4 Å². The summed E-state index contributed by atoms with van der Waals surface area (Å²) in [5.74, 6) is -1.13. The van der Waals surface area contributed by atoms with Crippen molar-refractivity contribution in [2.24, 2.45) is 0 Å². The van der Waals surface area contributed by atoms with Crippen LogP contribution in [0.2, 0.25) is 0 Å². The van der Waals surface area contributed by atoms with E-state index in [2.05, 4.69) is 15.4 Å². The lowest BCUT2D eigenvalue weighted by atomic mass is 10.0. The number of Topliss-reactive ketones (excluding diaryl/α,β-unsaturated/α-hetero) is 1. The fourth-order valence-electron chi connectivity index (χ4n) is 4.18. The molecule has 1 atom stereocenters. The van der Waals surface area contributed by atoms with Crippen LogP contribution in [0.3, 0.4) is 0 Å². The van der Waals surface area contributed by atoms with Crippen molar-refractivity contribution >= 4 is 44.1 Å². The van der Waals surface area contributed by atoms with Crippen molar-refractivity contribution in [1.82, 2.24) is 10.6 Å². The predicted molar refractivity (Wildman–Crippen MR) is 156 cm³/mol. The first-order valence-electron chi connectivity index (χ1n) is 13.1. The van der Waals surface area contributed by atoms with Crippen LogP contribution in [0.1, 0.15) is 46.9 Å². The SMILES string of the molecule is CCCCC(NC(=O)c1ccc(NS(=O)(=O)c2ccc3ccccc3c2)cc1)C(=O)CNC(=O)c1ccccc1. The molecule has 2 amide bonds. The van der Waals surface area contributed by atoms with Gasteiger partial charge in [0, 0.05) is 16.8 Å². The Kier molecular flexibility index (Phi) is 9.29. The highest BCUT2D eigenvalue weighted by molar-refractivity contribution is 7.92. The number of unbranched alkanes of at least 4 members (excludes halogenated alkanes) is 1. The quantitative estimate of drug-likeness (QED) is 0.228. The zero-order chi connectivity index (χ0) is 28.5. The Hall–Kier alpha value is -4.50. The van der Waals surface area contributed by atoms with Gasteiger partial charge in [-0.3, -0.25) is 19.1 Å². The molecule has 0 aliphatic carbocycles. The van der Waals surface area contributed by atoms with Crippen LogP contribution in [0.15, 0.2) is 102 Å². The predicted octanol–water partition coefficient (Wildman–Crippen LogP) is 4.93. The lowest BCUT2D eigenvalue weighted by Crippen LogP contribution is -2.45. The van der Waals surface area contributed by atoms with E-state index in [9.17, 15) is 22.8 Å². The van der Waals surface area contributed by atoms with Crippen LogP contribution in [-0.2, 0) is 14.8 Å². The summed E-state index contributed by atoms with van der Waals surface area (Å²) < 4.78 is 28.4. The van der Waals surface area contributed by atoms with E-state index in [0.717, 1.165) is 23.6 Å². The molecule has 0 radical (unpaired) electrons. The maximum atomic E-state index is 12.9. The molecule has 206 valence electrons. The molecule has 0 aromatic heterocycles. The summed E-state index contributed by atoms with van der Waals surface area (Å²) in [4.78, 5) is 38.2. The molecule has 0 saturated heterocycles. The Morgan fingerprint density at radius 2 is 1.40 bits per heavy atom. The highest BCUT2D eigenvalue weighted by atomic mass is 32.2. The number of carbonyl (C=O) groups excluding carboxylic acids is 3. The van der Waals surface area contributed by atoms with Gasteiger partial charge in [-0.2, -0.15) is 0 Å². The fraction of sp³-hybridized carbons (Fsp3) is 0.194. The second-order valence-electron chi connectivity index (χ2n) is 9.38. The van der Waals surface area contributed by atoms with E-state index in [1.165, 1.54) is 24.3 Å². The minimum absolute atomic E-state index is 0.129. The van der Waals surface area contributed by atoms with E-state index >= 15 is 0 Å². The zero-order valence-electron chi connectivity index (χ0n) is 22.1. The maximum Gasteiger partial charge on any atom is 0.261 e. The Bertz CT molecular complexity index is 1600. The minimum atomic E-state index is -3.84. The van der Waals surface area contributed by atoms with E-state index in [0.29, 0.717) is 17.7 Å². The van der Waals surface area contributed by atoms with Crippen LogP contribution in [-0.4, -0.2) is 38.6 Å². The van der Waals surface area contributed by atoms with Crippen molar-refractivity contribution in [3.05, 3.63) is 108 Å². The van der Waals surface area contributed by atoms with Gasteiger partial charge in [0.25, 0.3) is 21.8 Å². The van der Waals surface area contributed by atoms with Crippen molar-refractivity contribution in [3.8, 4) is 0 Å². The molecule has 4 aromatic carbocycles. The molecule has 8 nitrogen and oxygen atoms in total. The number of hydrogen-bond donors (Lipinski definition) is 3.